The van der Waals surface area contributed by atoms with Gasteiger partial charge in [0.1, 0.15) is 17.7 Å². The monoisotopic (exact) mass is 320 g/mol. The minimum Gasteiger partial charge on any atom is -0.480 e. The molecule has 5 nitrogen and oxygen atoms in total. The summed E-state index contributed by atoms with van der Waals surface area (Å²) in [5.41, 5.74) is 6.24. The molecule has 2 rings (SSSR count). The second kappa shape index (κ2) is 6.97. The third kappa shape index (κ3) is 4.33. The highest BCUT2D eigenvalue weighted by atomic mass is 19.1. The Labute approximate surface area is 130 Å². The quantitative estimate of drug-likeness (QED) is 0.787. The second-order valence-corrected chi connectivity index (χ2v) is 4.92. The number of hydrogen-bond donors (Lipinski definition) is 3. The van der Waals surface area contributed by atoms with Gasteiger partial charge in [-0.25, -0.2) is 8.78 Å². The predicted octanol–water partition coefficient (Wildman–Crippen LogP) is 2.17. The van der Waals surface area contributed by atoms with Gasteiger partial charge in [-0.15, -0.1) is 0 Å². The van der Waals surface area contributed by atoms with Crippen LogP contribution in [0.3, 0.4) is 0 Å². The van der Waals surface area contributed by atoms with Crippen LogP contribution in [0.15, 0.2) is 42.5 Å². The van der Waals surface area contributed by atoms with Crippen LogP contribution in [0, 0.1) is 11.6 Å². The lowest BCUT2D eigenvalue weighted by atomic mass is 10.1. The van der Waals surface area contributed by atoms with E-state index in [1.165, 1.54) is 0 Å². The Bertz CT molecular complexity index is 733. The fraction of sp³-hybridized carbons (Fsp3) is 0.125. The molecule has 0 saturated heterocycles. The van der Waals surface area contributed by atoms with Gasteiger partial charge < -0.3 is 16.2 Å². The molecule has 1 atom stereocenters. The summed E-state index contributed by atoms with van der Waals surface area (Å²) in [6, 6.07) is 7.98. The highest BCUT2D eigenvalue weighted by Crippen LogP contribution is 2.15. The smallest absolute Gasteiger partial charge is 0.320 e. The summed E-state index contributed by atoms with van der Waals surface area (Å²) in [4.78, 5) is 22.6. The van der Waals surface area contributed by atoms with E-state index in [4.69, 9.17) is 10.8 Å². The van der Waals surface area contributed by atoms with Crippen LogP contribution < -0.4 is 11.1 Å². The molecular formula is C16H14F2N2O3. The van der Waals surface area contributed by atoms with Crippen molar-refractivity contribution in [1.29, 1.82) is 0 Å². The number of benzene rings is 2. The molecule has 1 unspecified atom stereocenters. The van der Waals surface area contributed by atoms with E-state index in [2.05, 4.69) is 5.32 Å². The number of anilines is 1. The molecule has 0 aromatic heterocycles. The van der Waals surface area contributed by atoms with Gasteiger partial charge in [0, 0.05) is 11.8 Å². The van der Waals surface area contributed by atoms with Crippen LogP contribution in [0.1, 0.15) is 15.9 Å². The molecule has 120 valence electrons. The number of nitrogens with one attached hydrogen (secondary N) is 1. The third-order valence-electron chi connectivity index (χ3n) is 3.16. The lowest BCUT2D eigenvalue weighted by Crippen LogP contribution is -2.32. The summed E-state index contributed by atoms with van der Waals surface area (Å²) in [6.45, 7) is 0. The van der Waals surface area contributed by atoms with Gasteiger partial charge >= 0.3 is 5.97 Å². The van der Waals surface area contributed by atoms with Crippen molar-refractivity contribution in [3.63, 3.8) is 0 Å². The number of carbonyl (C=O) groups is 2. The summed E-state index contributed by atoms with van der Waals surface area (Å²) in [7, 11) is 0. The number of carboxylic acids is 1. The van der Waals surface area contributed by atoms with E-state index in [0.717, 1.165) is 12.1 Å². The molecule has 0 fully saturated rings. The molecule has 0 aliphatic heterocycles. The molecular weight excluding hydrogens is 306 g/mol. The average molecular weight is 320 g/mol. The standard InChI is InChI=1S/C16H14F2N2O3/c17-10-3-6-12(13(18)8-10)15(21)20-11-4-1-9(2-5-11)7-14(19)16(22)23/h1-6,8,14H,7,19H2,(H,20,21)(H,22,23). The van der Waals surface area contributed by atoms with Gasteiger partial charge in [0.2, 0.25) is 0 Å². The van der Waals surface area contributed by atoms with E-state index >= 15 is 0 Å². The van der Waals surface area contributed by atoms with E-state index in [-0.39, 0.29) is 12.0 Å². The minimum absolute atomic E-state index is 0.149. The summed E-state index contributed by atoms with van der Waals surface area (Å²) < 4.78 is 26.3. The summed E-state index contributed by atoms with van der Waals surface area (Å²) in [5.74, 6) is -3.53. The van der Waals surface area contributed by atoms with Crippen molar-refractivity contribution in [1.82, 2.24) is 0 Å². The van der Waals surface area contributed by atoms with Crippen molar-refractivity contribution < 1.29 is 23.5 Å². The zero-order valence-corrected chi connectivity index (χ0v) is 11.9. The molecule has 0 heterocycles. The molecule has 23 heavy (non-hydrogen) atoms. The SMILES string of the molecule is NC(Cc1ccc(NC(=O)c2ccc(F)cc2F)cc1)C(=O)O. The van der Waals surface area contributed by atoms with Gasteiger partial charge in [0.25, 0.3) is 5.91 Å². The molecule has 0 bridgehead atoms. The molecule has 2 aromatic rings. The van der Waals surface area contributed by atoms with E-state index < -0.39 is 29.6 Å². The first-order chi connectivity index (χ1) is 10.9. The fourth-order valence-electron chi connectivity index (χ4n) is 1.94. The molecule has 2 aromatic carbocycles. The van der Waals surface area contributed by atoms with Crippen molar-refractivity contribution in [2.75, 3.05) is 5.32 Å². The largest absolute Gasteiger partial charge is 0.480 e. The van der Waals surface area contributed by atoms with Crippen LogP contribution in [0.4, 0.5) is 14.5 Å². The van der Waals surface area contributed by atoms with Crippen molar-refractivity contribution >= 4 is 17.6 Å². The van der Waals surface area contributed by atoms with Crippen LogP contribution in [-0.2, 0) is 11.2 Å². The van der Waals surface area contributed by atoms with Gasteiger partial charge in [-0.2, -0.15) is 0 Å². The zero-order valence-electron chi connectivity index (χ0n) is 11.9. The van der Waals surface area contributed by atoms with Gasteiger partial charge in [0.05, 0.1) is 5.56 Å². The molecule has 0 spiro atoms. The number of carbonyl (C=O) groups excluding carboxylic acids is 1. The third-order valence-corrected chi connectivity index (χ3v) is 3.16. The minimum atomic E-state index is -1.10. The molecule has 4 N–H and O–H groups in total. The molecule has 1 amide bonds. The number of aliphatic carboxylic acids is 1. The molecule has 7 heteroatoms. The van der Waals surface area contributed by atoms with Crippen LogP contribution in [0.2, 0.25) is 0 Å². The zero-order chi connectivity index (χ0) is 17.0. The number of amides is 1. The second-order valence-electron chi connectivity index (χ2n) is 4.92. The number of nitrogens with two attached hydrogens (primary N) is 1. The molecule has 0 aliphatic rings. The van der Waals surface area contributed by atoms with E-state index in [0.29, 0.717) is 17.3 Å². The predicted molar refractivity (Wildman–Crippen MR) is 80.1 cm³/mol. The Balaban J connectivity index is 2.05. The highest BCUT2D eigenvalue weighted by molar-refractivity contribution is 6.04. The summed E-state index contributed by atoms with van der Waals surface area (Å²) in [5, 5.41) is 11.2. The molecule has 0 aliphatic carbocycles. The first kappa shape index (κ1) is 16.6. The van der Waals surface area contributed by atoms with Crippen molar-refractivity contribution in [2.45, 2.75) is 12.5 Å². The van der Waals surface area contributed by atoms with Crippen LogP contribution in [-0.4, -0.2) is 23.0 Å². The normalized spacial score (nSPS) is 11.8. The lowest BCUT2D eigenvalue weighted by Gasteiger charge is -2.09. The first-order valence-electron chi connectivity index (χ1n) is 6.70. The van der Waals surface area contributed by atoms with Crippen LogP contribution >= 0.6 is 0 Å². The maximum atomic E-state index is 13.5. The highest BCUT2D eigenvalue weighted by Gasteiger charge is 2.14. The van der Waals surface area contributed by atoms with E-state index in [1.54, 1.807) is 24.3 Å². The maximum Gasteiger partial charge on any atom is 0.320 e. The Morgan fingerprint density at radius 2 is 1.78 bits per heavy atom. The first-order valence-corrected chi connectivity index (χ1v) is 6.70. The number of hydrogen-bond acceptors (Lipinski definition) is 3. The summed E-state index contributed by atoms with van der Waals surface area (Å²) in [6.07, 6.45) is 0.149. The van der Waals surface area contributed by atoms with Crippen LogP contribution in [0.25, 0.3) is 0 Å². The number of halogens is 2. The van der Waals surface area contributed by atoms with Gasteiger partial charge in [-0.1, -0.05) is 12.1 Å². The van der Waals surface area contributed by atoms with Crippen molar-refractivity contribution in [2.24, 2.45) is 5.73 Å². The van der Waals surface area contributed by atoms with E-state index in [9.17, 15) is 18.4 Å². The fourth-order valence-corrected chi connectivity index (χ4v) is 1.94. The topological polar surface area (TPSA) is 92.4 Å². The molecule has 0 saturated carbocycles. The maximum absolute atomic E-state index is 13.5. The number of rotatable bonds is 5. The summed E-state index contributed by atoms with van der Waals surface area (Å²) >= 11 is 0. The number of carboxylic acid groups (broad SMARTS) is 1. The van der Waals surface area contributed by atoms with Crippen molar-refractivity contribution in [3.05, 3.63) is 65.2 Å². The van der Waals surface area contributed by atoms with Crippen molar-refractivity contribution in [3.8, 4) is 0 Å². The van der Waals surface area contributed by atoms with Crippen LogP contribution in [0.5, 0.6) is 0 Å². The average Bonchev–Trinajstić information content (AvgIpc) is 2.48. The molecule has 0 radical (unpaired) electrons. The Hall–Kier alpha value is -2.80. The van der Waals surface area contributed by atoms with Gasteiger partial charge in [-0.3, -0.25) is 9.59 Å². The van der Waals surface area contributed by atoms with E-state index in [1.807, 2.05) is 0 Å². The Kier molecular flexibility index (Phi) is 5.02. The van der Waals surface area contributed by atoms with Gasteiger partial charge in [0.15, 0.2) is 0 Å². The Morgan fingerprint density at radius 1 is 1.13 bits per heavy atom. The Morgan fingerprint density at radius 3 is 2.35 bits per heavy atom. The van der Waals surface area contributed by atoms with Gasteiger partial charge in [-0.05, 0) is 36.2 Å². The lowest BCUT2D eigenvalue weighted by molar-refractivity contribution is -0.138.